The van der Waals surface area contributed by atoms with E-state index in [9.17, 15) is 14.8 Å². The van der Waals surface area contributed by atoms with E-state index in [-0.39, 0.29) is 5.92 Å². The molecule has 1 aliphatic heterocycles. The molecule has 0 radical (unpaired) electrons. The number of benzene rings is 1. The molecular weight excluding hydrogens is 476 g/mol. The molecule has 3 aromatic rings. The minimum absolute atomic E-state index is 0.122. The van der Waals surface area contributed by atoms with Crippen LogP contribution >= 0.6 is 0 Å². The lowest BCUT2D eigenvalue weighted by molar-refractivity contribution is -0.137. The van der Waals surface area contributed by atoms with E-state index in [2.05, 4.69) is 10.3 Å². The molecule has 2 aliphatic rings. The predicted octanol–water partition coefficient (Wildman–Crippen LogP) is 5.91. The van der Waals surface area contributed by atoms with E-state index >= 15 is 0 Å². The van der Waals surface area contributed by atoms with Gasteiger partial charge in [-0.2, -0.15) is 4.91 Å². The third kappa shape index (κ3) is 4.68. The topological polar surface area (TPSA) is 129 Å². The van der Waals surface area contributed by atoms with Gasteiger partial charge in [-0.05, 0) is 85.4 Å². The summed E-state index contributed by atoms with van der Waals surface area (Å²) in [5.41, 5.74) is 2.37. The summed E-state index contributed by atoms with van der Waals surface area (Å²) in [6, 6.07) is 2.76. The normalized spacial score (nSPS) is 22.4. The van der Waals surface area contributed by atoms with E-state index in [1.165, 1.54) is 4.57 Å². The molecule has 0 amide bonds. The first-order valence-electron chi connectivity index (χ1n) is 12.7. The van der Waals surface area contributed by atoms with Gasteiger partial charge in [-0.25, -0.2) is 14.3 Å². The van der Waals surface area contributed by atoms with Crippen LogP contribution in [0.3, 0.4) is 0 Å². The van der Waals surface area contributed by atoms with Crippen molar-refractivity contribution >= 4 is 17.1 Å². The van der Waals surface area contributed by atoms with Crippen LogP contribution in [-0.2, 0) is 9.47 Å². The molecule has 0 bridgehead atoms. The van der Waals surface area contributed by atoms with E-state index < -0.39 is 35.5 Å². The molecule has 1 aromatic carbocycles. The fourth-order valence-electron chi connectivity index (χ4n) is 5.37. The van der Waals surface area contributed by atoms with Crippen molar-refractivity contribution in [3.8, 4) is 11.1 Å². The summed E-state index contributed by atoms with van der Waals surface area (Å²) in [5.74, 6) is 0.757. The molecule has 0 spiro atoms. The molecule has 1 N–H and O–H groups in total. The Bertz CT molecular complexity index is 1360. The van der Waals surface area contributed by atoms with Gasteiger partial charge in [0, 0.05) is 23.0 Å². The van der Waals surface area contributed by atoms with Crippen molar-refractivity contribution < 1.29 is 23.9 Å². The van der Waals surface area contributed by atoms with Crippen LogP contribution in [-0.4, -0.2) is 43.4 Å². The summed E-state index contributed by atoms with van der Waals surface area (Å²) in [7, 11) is 0. The van der Waals surface area contributed by atoms with Crippen molar-refractivity contribution in [1.82, 2.24) is 14.7 Å². The standard InChI is InChI=1S/C27H34N4O6/c1-13-20(14(2)37-30-13)16-10-17(21(29-34)18-12-27(6,7)35-24(18)32)22-19(11-16)31(23(28-22)15-8-9-15)25(33)36-26(3,4)5/h10-11,15,18,21,24,32H,8-9,12H2,1-7H3. The first-order valence-corrected chi connectivity index (χ1v) is 12.7. The van der Waals surface area contributed by atoms with Crippen LogP contribution in [0.1, 0.15) is 88.7 Å². The number of rotatable bonds is 5. The molecule has 2 fully saturated rings. The number of carbonyl (C=O) groups excluding carboxylic acids is 1. The summed E-state index contributed by atoms with van der Waals surface area (Å²) in [6.07, 6.45) is 0.573. The lowest BCUT2D eigenvalue weighted by atomic mass is 9.85. The van der Waals surface area contributed by atoms with Crippen LogP contribution in [0.4, 0.5) is 4.79 Å². The number of aliphatic hydroxyl groups is 1. The monoisotopic (exact) mass is 510 g/mol. The number of hydrogen-bond donors (Lipinski definition) is 1. The molecule has 3 unspecified atom stereocenters. The number of ether oxygens (including phenoxy) is 2. The Labute approximate surface area is 215 Å². The number of aryl methyl sites for hydroxylation is 2. The molecule has 1 saturated heterocycles. The first kappa shape index (κ1) is 25.5. The van der Waals surface area contributed by atoms with Crippen molar-refractivity contribution in [1.29, 1.82) is 0 Å². The van der Waals surface area contributed by atoms with Gasteiger partial charge in [0.1, 0.15) is 23.2 Å². The van der Waals surface area contributed by atoms with Gasteiger partial charge < -0.3 is 19.1 Å². The zero-order valence-electron chi connectivity index (χ0n) is 22.4. The molecule has 3 atom stereocenters. The zero-order valence-corrected chi connectivity index (χ0v) is 22.4. The number of imidazole rings is 1. The smallest absolute Gasteiger partial charge is 0.420 e. The maximum Gasteiger partial charge on any atom is 0.420 e. The van der Waals surface area contributed by atoms with Gasteiger partial charge in [0.2, 0.25) is 0 Å². The minimum atomic E-state index is -1.16. The number of hydrogen-bond acceptors (Lipinski definition) is 9. The Balaban J connectivity index is 1.78. The quantitative estimate of drug-likeness (QED) is 0.419. The number of carbonyl (C=O) groups is 1. The highest BCUT2D eigenvalue weighted by Gasteiger charge is 2.46. The van der Waals surface area contributed by atoms with Crippen LogP contribution in [0.15, 0.2) is 21.8 Å². The van der Waals surface area contributed by atoms with E-state index in [0.717, 1.165) is 18.4 Å². The Morgan fingerprint density at radius 2 is 1.97 bits per heavy atom. The molecule has 1 saturated carbocycles. The fraction of sp³-hybridized carbons (Fsp3) is 0.593. The molecule has 5 rings (SSSR count). The van der Waals surface area contributed by atoms with Crippen molar-refractivity contribution in [3.63, 3.8) is 0 Å². The minimum Gasteiger partial charge on any atom is -0.443 e. The number of fused-ring (bicyclic) bond motifs is 1. The van der Waals surface area contributed by atoms with Crippen molar-refractivity contribution in [2.75, 3.05) is 0 Å². The van der Waals surface area contributed by atoms with Crippen molar-refractivity contribution in [2.24, 2.45) is 11.1 Å². The Morgan fingerprint density at radius 1 is 1.27 bits per heavy atom. The van der Waals surface area contributed by atoms with Gasteiger partial charge >= 0.3 is 6.09 Å². The van der Waals surface area contributed by atoms with Crippen LogP contribution in [0.25, 0.3) is 22.2 Å². The lowest BCUT2D eigenvalue weighted by Crippen LogP contribution is -2.28. The van der Waals surface area contributed by atoms with Crippen LogP contribution in [0, 0.1) is 24.7 Å². The summed E-state index contributed by atoms with van der Waals surface area (Å²) in [5, 5.41) is 18.3. The molecule has 198 valence electrons. The first-order chi connectivity index (χ1) is 17.3. The predicted molar refractivity (Wildman–Crippen MR) is 136 cm³/mol. The molecule has 3 heterocycles. The summed E-state index contributed by atoms with van der Waals surface area (Å²) < 4.78 is 18.4. The van der Waals surface area contributed by atoms with Crippen molar-refractivity contribution in [3.05, 3.63) is 39.9 Å². The van der Waals surface area contributed by atoms with E-state index in [1.54, 1.807) is 0 Å². The molecule has 1 aliphatic carbocycles. The Morgan fingerprint density at radius 3 is 2.49 bits per heavy atom. The summed E-state index contributed by atoms with van der Waals surface area (Å²) in [6.45, 7) is 12.8. The van der Waals surface area contributed by atoms with Gasteiger partial charge in [0.15, 0.2) is 6.29 Å². The second-order valence-electron chi connectivity index (χ2n) is 11.9. The maximum atomic E-state index is 13.5. The molecule has 10 heteroatoms. The van der Waals surface area contributed by atoms with Gasteiger partial charge in [0.05, 0.1) is 22.3 Å². The van der Waals surface area contributed by atoms with E-state index in [0.29, 0.717) is 45.9 Å². The Hall–Kier alpha value is -3.11. The van der Waals surface area contributed by atoms with Gasteiger partial charge in [-0.15, -0.1) is 0 Å². The van der Waals surface area contributed by atoms with Crippen molar-refractivity contribution in [2.45, 2.75) is 97.2 Å². The summed E-state index contributed by atoms with van der Waals surface area (Å²) in [4.78, 5) is 30.8. The Kier molecular flexibility index (Phi) is 6.03. The largest absolute Gasteiger partial charge is 0.443 e. The van der Waals surface area contributed by atoms with Crippen LogP contribution in [0.5, 0.6) is 0 Å². The zero-order chi connectivity index (χ0) is 26.9. The highest BCUT2D eigenvalue weighted by molar-refractivity contribution is 5.93. The molecular formula is C27H34N4O6. The fourth-order valence-corrected chi connectivity index (χ4v) is 5.37. The number of nitroso groups, excluding NO2 is 1. The highest BCUT2D eigenvalue weighted by atomic mass is 16.6. The number of aromatic nitrogens is 3. The third-order valence-electron chi connectivity index (χ3n) is 7.03. The second-order valence-corrected chi connectivity index (χ2v) is 11.9. The summed E-state index contributed by atoms with van der Waals surface area (Å²) >= 11 is 0. The number of aliphatic hydroxyl groups excluding tert-OH is 1. The SMILES string of the molecule is Cc1noc(C)c1-c1cc(C(N=O)C2CC(C)(C)OC2O)c2nc(C3CC3)n(C(=O)OC(C)(C)C)c2c1. The average molecular weight is 511 g/mol. The van der Waals surface area contributed by atoms with E-state index in [1.807, 2.05) is 60.6 Å². The average Bonchev–Trinajstić information content (AvgIpc) is 3.39. The molecule has 2 aromatic heterocycles. The second kappa shape index (κ2) is 8.73. The van der Waals surface area contributed by atoms with Gasteiger partial charge in [-0.3, -0.25) is 0 Å². The van der Waals surface area contributed by atoms with Crippen LogP contribution < -0.4 is 0 Å². The van der Waals surface area contributed by atoms with Crippen LogP contribution in [0.2, 0.25) is 0 Å². The highest BCUT2D eigenvalue weighted by Crippen LogP contribution is 2.47. The molecule has 10 nitrogen and oxygen atoms in total. The van der Waals surface area contributed by atoms with E-state index in [4.69, 9.17) is 19.0 Å². The number of nitrogens with zero attached hydrogens (tertiary/aromatic N) is 4. The van der Waals surface area contributed by atoms with Gasteiger partial charge in [0.25, 0.3) is 0 Å². The maximum absolute atomic E-state index is 13.5. The molecule has 37 heavy (non-hydrogen) atoms. The van der Waals surface area contributed by atoms with Gasteiger partial charge in [-0.1, -0.05) is 10.3 Å². The third-order valence-corrected chi connectivity index (χ3v) is 7.03. The lowest BCUT2D eigenvalue weighted by Gasteiger charge is -2.21.